The van der Waals surface area contributed by atoms with Gasteiger partial charge < -0.3 is 0 Å². The predicted molar refractivity (Wildman–Crippen MR) is 104 cm³/mol. The van der Waals surface area contributed by atoms with E-state index in [4.69, 9.17) is 12.2 Å². The van der Waals surface area contributed by atoms with Crippen LogP contribution in [0.4, 0.5) is 4.39 Å². The molecule has 2 heterocycles. The molecule has 0 bridgehead atoms. The Morgan fingerprint density at radius 3 is 2.44 bits per heavy atom. The summed E-state index contributed by atoms with van der Waals surface area (Å²) in [6.45, 7) is 3.96. The van der Waals surface area contributed by atoms with Crippen LogP contribution in [0.2, 0.25) is 0 Å². The molecule has 0 saturated heterocycles. The van der Waals surface area contributed by atoms with Crippen LogP contribution in [-0.4, -0.2) is 8.97 Å². The SMILES string of the molecule is CC(C)n1c(=O)c2ccccc2n2c(=S)sc(-c3ccc(F)cc3)c12. The van der Waals surface area contributed by atoms with Crippen molar-refractivity contribution >= 4 is 40.1 Å². The smallest absolute Gasteiger partial charge is 0.261 e. The highest BCUT2D eigenvalue weighted by molar-refractivity contribution is 7.73. The van der Waals surface area contributed by atoms with E-state index in [0.717, 1.165) is 21.6 Å². The van der Waals surface area contributed by atoms with Crippen molar-refractivity contribution in [3.63, 3.8) is 0 Å². The van der Waals surface area contributed by atoms with Gasteiger partial charge in [0, 0.05) is 6.04 Å². The molecule has 4 aromatic rings. The predicted octanol–water partition coefficient (Wildman–Crippen LogP) is 5.43. The zero-order valence-electron chi connectivity index (χ0n) is 13.7. The van der Waals surface area contributed by atoms with E-state index in [9.17, 15) is 9.18 Å². The van der Waals surface area contributed by atoms with Crippen molar-refractivity contribution in [2.45, 2.75) is 19.9 Å². The molecule has 0 atom stereocenters. The number of hydrogen-bond acceptors (Lipinski definition) is 3. The number of hydrogen-bond donors (Lipinski definition) is 0. The van der Waals surface area contributed by atoms with Gasteiger partial charge in [-0.2, -0.15) is 0 Å². The van der Waals surface area contributed by atoms with E-state index in [1.807, 2.05) is 42.5 Å². The second kappa shape index (κ2) is 5.89. The fourth-order valence-corrected chi connectivity index (χ4v) is 4.56. The molecular weight excluding hydrogens is 355 g/mol. The summed E-state index contributed by atoms with van der Waals surface area (Å²) in [4.78, 5) is 14.0. The van der Waals surface area contributed by atoms with Gasteiger partial charge in [0.15, 0.2) is 3.95 Å². The molecular formula is C19H15FN2OS2. The van der Waals surface area contributed by atoms with Crippen LogP contribution in [0.3, 0.4) is 0 Å². The molecule has 0 saturated carbocycles. The average molecular weight is 370 g/mol. The summed E-state index contributed by atoms with van der Waals surface area (Å²) in [7, 11) is 0. The van der Waals surface area contributed by atoms with Crippen LogP contribution in [0, 0.1) is 9.77 Å². The van der Waals surface area contributed by atoms with Gasteiger partial charge in [0.2, 0.25) is 0 Å². The van der Waals surface area contributed by atoms with Gasteiger partial charge in [-0.25, -0.2) is 4.39 Å². The van der Waals surface area contributed by atoms with Crippen LogP contribution in [0.15, 0.2) is 53.3 Å². The fourth-order valence-electron chi connectivity index (χ4n) is 3.14. The lowest BCUT2D eigenvalue weighted by Gasteiger charge is -2.16. The monoisotopic (exact) mass is 370 g/mol. The Morgan fingerprint density at radius 2 is 1.76 bits per heavy atom. The summed E-state index contributed by atoms with van der Waals surface area (Å²) in [6.07, 6.45) is 0. The first-order chi connectivity index (χ1) is 12.0. The third-order valence-electron chi connectivity index (χ3n) is 4.23. The maximum Gasteiger partial charge on any atom is 0.261 e. The number of para-hydroxylation sites is 1. The molecule has 0 aliphatic heterocycles. The van der Waals surface area contributed by atoms with Crippen LogP contribution >= 0.6 is 23.6 Å². The first-order valence-corrected chi connectivity index (χ1v) is 9.16. The largest absolute Gasteiger partial charge is 0.290 e. The highest BCUT2D eigenvalue weighted by Gasteiger charge is 2.19. The third kappa shape index (κ3) is 2.44. The molecule has 0 N–H and O–H groups in total. The number of benzene rings is 2. The standard InChI is InChI=1S/C19H15FN2OS2/c1-11(2)21-17-16(12-7-9-13(20)10-8-12)25-19(24)22(17)15-6-4-3-5-14(15)18(21)23/h3-11H,1-2H3. The van der Waals surface area contributed by atoms with Gasteiger partial charge in [-0.15, -0.1) is 11.3 Å². The van der Waals surface area contributed by atoms with E-state index in [1.165, 1.54) is 23.5 Å². The molecule has 2 aromatic carbocycles. The molecule has 126 valence electrons. The molecule has 0 aliphatic rings. The van der Waals surface area contributed by atoms with Gasteiger partial charge in [0.1, 0.15) is 11.5 Å². The molecule has 2 aromatic heterocycles. The number of aromatic nitrogens is 2. The minimum absolute atomic E-state index is 0.0321. The summed E-state index contributed by atoms with van der Waals surface area (Å²) in [5, 5.41) is 0.642. The Balaban J connectivity index is 2.26. The van der Waals surface area contributed by atoms with E-state index < -0.39 is 0 Å². The average Bonchev–Trinajstić information content (AvgIpc) is 2.93. The summed E-state index contributed by atoms with van der Waals surface area (Å²) in [6, 6.07) is 13.8. The summed E-state index contributed by atoms with van der Waals surface area (Å²) >= 11 is 7.05. The van der Waals surface area contributed by atoms with Crippen LogP contribution in [-0.2, 0) is 0 Å². The molecule has 4 rings (SSSR count). The molecule has 3 nitrogen and oxygen atoms in total. The zero-order chi connectivity index (χ0) is 17.7. The zero-order valence-corrected chi connectivity index (χ0v) is 15.3. The van der Waals surface area contributed by atoms with Crippen molar-refractivity contribution < 1.29 is 4.39 Å². The highest BCUT2D eigenvalue weighted by atomic mass is 32.1. The molecule has 6 heteroatoms. The number of nitrogens with zero attached hydrogens (tertiary/aromatic N) is 2. The minimum atomic E-state index is -0.289. The van der Waals surface area contributed by atoms with E-state index in [1.54, 1.807) is 16.7 Å². The van der Waals surface area contributed by atoms with Crippen molar-refractivity contribution in [2.24, 2.45) is 0 Å². The number of thiazole rings is 1. The maximum atomic E-state index is 13.3. The van der Waals surface area contributed by atoms with E-state index in [2.05, 4.69) is 0 Å². The molecule has 0 aliphatic carbocycles. The number of halogens is 1. The quantitative estimate of drug-likeness (QED) is 0.440. The van der Waals surface area contributed by atoms with Crippen molar-refractivity contribution in [2.75, 3.05) is 0 Å². The second-order valence-electron chi connectivity index (χ2n) is 6.15. The molecule has 0 amide bonds. The Bertz CT molecular complexity index is 1220. The molecule has 0 unspecified atom stereocenters. The normalized spacial score (nSPS) is 11.7. The van der Waals surface area contributed by atoms with Crippen molar-refractivity contribution in [3.05, 3.63) is 68.7 Å². The maximum absolute atomic E-state index is 13.3. The lowest BCUT2D eigenvalue weighted by atomic mass is 10.1. The lowest BCUT2D eigenvalue weighted by molar-refractivity contribution is 0.595. The third-order valence-corrected chi connectivity index (χ3v) is 5.64. The van der Waals surface area contributed by atoms with Gasteiger partial charge in [-0.1, -0.05) is 24.3 Å². The fraction of sp³-hybridized carbons (Fsp3) is 0.158. The highest BCUT2D eigenvalue weighted by Crippen LogP contribution is 2.34. The lowest BCUT2D eigenvalue weighted by Crippen LogP contribution is -2.24. The van der Waals surface area contributed by atoms with Crippen LogP contribution in [0.25, 0.3) is 27.0 Å². The number of fused-ring (bicyclic) bond motifs is 3. The van der Waals surface area contributed by atoms with E-state index in [0.29, 0.717) is 9.34 Å². The van der Waals surface area contributed by atoms with Crippen molar-refractivity contribution in [3.8, 4) is 10.4 Å². The van der Waals surface area contributed by atoms with Crippen LogP contribution < -0.4 is 5.56 Å². The Hall–Kier alpha value is -2.31. The molecule has 0 fully saturated rings. The van der Waals surface area contributed by atoms with Crippen LogP contribution in [0.1, 0.15) is 19.9 Å². The topological polar surface area (TPSA) is 26.4 Å². The van der Waals surface area contributed by atoms with Gasteiger partial charge in [-0.05, 0) is 55.9 Å². The summed E-state index contributed by atoms with van der Waals surface area (Å²) in [5.41, 5.74) is 2.38. The number of rotatable bonds is 2. The van der Waals surface area contributed by atoms with Crippen molar-refractivity contribution in [1.29, 1.82) is 0 Å². The minimum Gasteiger partial charge on any atom is -0.290 e. The van der Waals surface area contributed by atoms with Gasteiger partial charge in [0.05, 0.1) is 15.8 Å². The summed E-state index contributed by atoms with van der Waals surface area (Å²) in [5.74, 6) is -0.289. The second-order valence-corrected chi connectivity index (χ2v) is 7.79. The molecule has 25 heavy (non-hydrogen) atoms. The Morgan fingerprint density at radius 1 is 1.08 bits per heavy atom. The molecule has 0 radical (unpaired) electrons. The van der Waals surface area contributed by atoms with Gasteiger partial charge in [0.25, 0.3) is 5.56 Å². The molecule has 0 spiro atoms. The van der Waals surface area contributed by atoms with Gasteiger partial charge >= 0.3 is 0 Å². The first-order valence-electron chi connectivity index (χ1n) is 7.94. The van der Waals surface area contributed by atoms with E-state index >= 15 is 0 Å². The Labute approximate surface area is 152 Å². The summed E-state index contributed by atoms with van der Waals surface area (Å²) < 4.78 is 17.7. The van der Waals surface area contributed by atoms with Gasteiger partial charge in [-0.3, -0.25) is 13.8 Å². The first kappa shape index (κ1) is 16.2. The van der Waals surface area contributed by atoms with Crippen molar-refractivity contribution in [1.82, 2.24) is 8.97 Å². The van der Waals surface area contributed by atoms with E-state index in [-0.39, 0.29) is 17.4 Å². The Kier molecular flexibility index (Phi) is 3.81. The van der Waals surface area contributed by atoms with Crippen LogP contribution in [0.5, 0.6) is 0 Å².